The fraction of sp³-hybridized carbons (Fsp3) is 0.941. The smallest absolute Gasteiger partial charge is 0.325 e. The molecule has 4 heteroatoms. The van der Waals surface area contributed by atoms with Crippen LogP contribution < -0.4 is 5.32 Å². The molecule has 124 valence electrons. The third kappa shape index (κ3) is 5.59. The Balaban J connectivity index is 2.37. The minimum absolute atomic E-state index is 0.154. The number of likely N-dealkylation sites (N-methyl/N-ethyl adjacent to an activating group) is 1. The second-order valence-electron chi connectivity index (χ2n) is 6.85. The van der Waals surface area contributed by atoms with Crippen LogP contribution in [-0.4, -0.2) is 49.7 Å². The Morgan fingerprint density at radius 3 is 2.48 bits per heavy atom. The van der Waals surface area contributed by atoms with Gasteiger partial charge in [-0.15, -0.1) is 0 Å². The van der Waals surface area contributed by atoms with Crippen LogP contribution in [0.25, 0.3) is 0 Å². The van der Waals surface area contributed by atoms with Crippen molar-refractivity contribution in [2.75, 3.05) is 27.2 Å². The average molecular weight is 298 g/mol. The molecule has 0 aromatic heterocycles. The molecule has 0 aliphatic heterocycles. The van der Waals surface area contributed by atoms with Crippen LogP contribution in [0.15, 0.2) is 0 Å². The van der Waals surface area contributed by atoms with Gasteiger partial charge in [-0.1, -0.05) is 13.8 Å². The van der Waals surface area contributed by atoms with Crippen molar-refractivity contribution in [3.05, 3.63) is 0 Å². The molecule has 0 saturated heterocycles. The second-order valence-corrected chi connectivity index (χ2v) is 6.85. The summed E-state index contributed by atoms with van der Waals surface area (Å²) < 4.78 is 4.94. The Morgan fingerprint density at radius 2 is 1.95 bits per heavy atom. The van der Waals surface area contributed by atoms with E-state index >= 15 is 0 Å². The van der Waals surface area contributed by atoms with Crippen molar-refractivity contribution in [2.45, 2.75) is 70.9 Å². The maximum Gasteiger partial charge on any atom is 0.325 e. The van der Waals surface area contributed by atoms with Gasteiger partial charge < -0.3 is 15.0 Å². The van der Waals surface area contributed by atoms with Gasteiger partial charge in [0.05, 0.1) is 7.11 Å². The molecule has 1 saturated carbocycles. The summed E-state index contributed by atoms with van der Waals surface area (Å²) in [7, 11) is 3.69. The zero-order valence-corrected chi connectivity index (χ0v) is 14.6. The van der Waals surface area contributed by atoms with Gasteiger partial charge in [0.1, 0.15) is 5.54 Å². The van der Waals surface area contributed by atoms with E-state index in [0.717, 1.165) is 37.9 Å². The monoisotopic (exact) mass is 298 g/mol. The fourth-order valence-corrected chi connectivity index (χ4v) is 3.43. The zero-order valence-electron chi connectivity index (χ0n) is 14.6. The van der Waals surface area contributed by atoms with E-state index in [-0.39, 0.29) is 5.97 Å². The lowest BCUT2D eigenvalue weighted by Crippen LogP contribution is -2.50. The highest BCUT2D eigenvalue weighted by molar-refractivity contribution is 5.80. The number of methoxy groups -OCH3 is 1. The van der Waals surface area contributed by atoms with E-state index in [9.17, 15) is 4.79 Å². The van der Waals surface area contributed by atoms with E-state index < -0.39 is 5.54 Å². The molecule has 1 unspecified atom stereocenters. The largest absolute Gasteiger partial charge is 0.468 e. The molecule has 1 atom stereocenters. The van der Waals surface area contributed by atoms with E-state index in [2.05, 4.69) is 24.2 Å². The van der Waals surface area contributed by atoms with E-state index in [1.54, 1.807) is 0 Å². The average Bonchev–Trinajstić information content (AvgIpc) is 2.47. The summed E-state index contributed by atoms with van der Waals surface area (Å²) in [4.78, 5) is 14.4. The van der Waals surface area contributed by atoms with Crippen molar-refractivity contribution in [2.24, 2.45) is 5.92 Å². The van der Waals surface area contributed by atoms with Gasteiger partial charge in [0.2, 0.25) is 0 Å². The first kappa shape index (κ1) is 18.4. The summed E-state index contributed by atoms with van der Waals surface area (Å²) in [6.07, 6.45) is 7.18. The fourth-order valence-electron chi connectivity index (χ4n) is 3.43. The number of esters is 1. The normalized spacial score (nSPS) is 25.6. The van der Waals surface area contributed by atoms with Crippen LogP contribution in [0.3, 0.4) is 0 Å². The highest BCUT2D eigenvalue weighted by Crippen LogP contribution is 2.26. The summed E-state index contributed by atoms with van der Waals surface area (Å²) >= 11 is 0. The van der Waals surface area contributed by atoms with Crippen molar-refractivity contribution in [1.82, 2.24) is 10.2 Å². The second kappa shape index (κ2) is 8.74. The highest BCUT2D eigenvalue weighted by atomic mass is 16.5. The lowest BCUT2D eigenvalue weighted by molar-refractivity contribution is -0.148. The van der Waals surface area contributed by atoms with Crippen molar-refractivity contribution in [3.8, 4) is 0 Å². The summed E-state index contributed by atoms with van der Waals surface area (Å²) in [5.41, 5.74) is -0.550. The van der Waals surface area contributed by atoms with E-state index in [1.807, 2.05) is 13.8 Å². The van der Waals surface area contributed by atoms with Gasteiger partial charge in [-0.2, -0.15) is 0 Å². The number of hydrogen-bond donors (Lipinski definition) is 1. The van der Waals surface area contributed by atoms with Crippen molar-refractivity contribution in [3.63, 3.8) is 0 Å². The van der Waals surface area contributed by atoms with E-state index in [1.165, 1.54) is 32.8 Å². The molecule has 0 amide bonds. The number of nitrogens with zero attached hydrogens (tertiary/aromatic N) is 1. The number of ether oxygens (including phenoxy) is 1. The Morgan fingerprint density at radius 1 is 1.33 bits per heavy atom. The third-order valence-corrected chi connectivity index (χ3v) is 5.00. The molecule has 1 rings (SSSR count). The van der Waals surface area contributed by atoms with Crippen LogP contribution in [0.1, 0.15) is 59.3 Å². The van der Waals surface area contributed by atoms with Crippen molar-refractivity contribution >= 4 is 5.97 Å². The summed E-state index contributed by atoms with van der Waals surface area (Å²) in [6.45, 7) is 8.16. The highest BCUT2D eigenvalue weighted by Gasteiger charge is 2.33. The molecule has 1 fully saturated rings. The summed E-state index contributed by atoms with van der Waals surface area (Å²) in [5.74, 6) is 0.740. The Kier molecular flexibility index (Phi) is 7.67. The molecule has 1 aliphatic rings. The van der Waals surface area contributed by atoms with Gasteiger partial charge in [0.15, 0.2) is 0 Å². The predicted molar refractivity (Wildman–Crippen MR) is 87.4 cm³/mol. The van der Waals surface area contributed by atoms with Crippen LogP contribution in [0.4, 0.5) is 0 Å². The standard InChI is InChI=1S/C17H34N2O2/c1-6-18-17(3,16(20)21-5)12-7-13-19(4)15-10-8-14(2)9-11-15/h14-15,18H,6-13H2,1-5H3. The lowest BCUT2D eigenvalue weighted by atomic mass is 9.86. The maximum atomic E-state index is 11.9. The van der Waals surface area contributed by atoms with Gasteiger partial charge in [-0.25, -0.2) is 0 Å². The number of hydrogen-bond acceptors (Lipinski definition) is 4. The molecule has 4 nitrogen and oxygen atoms in total. The van der Waals surface area contributed by atoms with Gasteiger partial charge in [0, 0.05) is 6.04 Å². The number of rotatable bonds is 8. The lowest BCUT2D eigenvalue weighted by Gasteiger charge is -2.34. The molecule has 1 N–H and O–H groups in total. The molecular weight excluding hydrogens is 264 g/mol. The predicted octanol–water partition coefficient (Wildman–Crippen LogP) is 2.82. The first-order chi connectivity index (χ1) is 9.92. The number of carbonyl (C=O) groups excluding carboxylic acids is 1. The maximum absolute atomic E-state index is 11.9. The quantitative estimate of drug-likeness (QED) is 0.700. The molecule has 0 aromatic carbocycles. The first-order valence-electron chi connectivity index (χ1n) is 8.46. The minimum Gasteiger partial charge on any atom is -0.468 e. The number of nitrogens with one attached hydrogen (secondary N) is 1. The third-order valence-electron chi connectivity index (χ3n) is 5.00. The molecule has 0 heterocycles. The Labute approximate surface area is 130 Å². The van der Waals surface area contributed by atoms with Crippen LogP contribution in [-0.2, 0) is 9.53 Å². The molecule has 0 spiro atoms. The van der Waals surface area contributed by atoms with Gasteiger partial charge in [-0.3, -0.25) is 4.79 Å². The van der Waals surface area contributed by atoms with Crippen molar-refractivity contribution in [1.29, 1.82) is 0 Å². The van der Waals surface area contributed by atoms with E-state index in [4.69, 9.17) is 4.74 Å². The first-order valence-corrected chi connectivity index (χ1v) is 8.46. The molecular formula is C17H34N2O2. The van der Waals surface area contributed by atoms with Gasteiger partial charge in [0.25, 0.3) is 0 Å². The Bertz CT molecular complexity index is 314. The van der Waals surface area contributed by atoms with Crippen LogP contribution in [0, 0.1) is 5.92 Å². The molecule has 0 radical (unpaired) electrons. The topological polar surface area (TPSA) is 41.6 Å². The SMILES string of the molecule is CCNC(C)(CCCN(C)C1CCC(C)CC1)C(=O)OC. The Hall–Kier alpha value is -0.610. The number of carbonyl (C=O) groups is 1. The van der Waals surface area contributed by atoms with Gasteiger partial charge >= 0.3 is 5.97 Å². The van der Waals surface area contributed by atoms with Crippen molar-refractivity contribution < 1.29 is 9.53 Å². The molecule has 21 heavy (non-hydrogen) atoms. The molecule has 1 aliphatic carbocycles. The van der Waals surface area contributed by atoms with Crippen LogP contribution >= 0.6 is 0 Å². The summed E-state index contributed by atoms with van der Waals surface area (Å²) in [6, 6.07) is 0.727. The van der Waals surface area contributed by atoms with Crippen LogP contribution in [0.2, 0.25) is 0 Å². The van der Waals surface area contributed by atoms with E-state index in [0.29, 0.717) is 0 Å². The zero-order chi connectivity index (χ0) is 15.9. The molecule has 0 bridgehead atoms. The van der Waals surface area contributed by atoms with Crippen LogP contribution in [0.5, 0.6) is 0 Å². The summed E-state index contributed by atoms with van der Waals surface area (Å²) in [5, 5.41) is 3.28. The van der Waals surface area contributed by atoms with Gasteiger partial charge in [-0.05, 0) is 71.5 Å². The minimum atomic E-state index is -0.550. The molecule has 0 aromatic rings.